The molecule has 0 spiro atoms. The standard InChI is InChI=1S/C28H23ClN2O3S/c1-18(23-4-2-3-5-24(23)29)34-27(33)31-25-16-30-35-26(25)21-8-6-19(7-9-21)20-10-12-22(13-11-20)28(17-32)14-15-28/h2-13,16-18H,14-15H2,1H3,(H,31,33)/t18-/m1/s1. The number of hydrogen-bond acceptors (Lipinski definition) is 5. The van der Waals surface area contributed by atoms with Gasteiger partial charge in [0.15, 0.2) is 0 Å². The van der Waals surface area contributed by atoms with Crippen molar-refractivity contribution >= 4 is 41.2 Å². The average molecular weight is 503 g/mol. The van der Waals surface area contributed by atoms with Crippen LogP contribution in [-0.2, 0) is 14.9 Å². The molecule has 5 nitrogen and oxygen atoms in total. The van der Waals surface area contributed by atoms with Crippen molar-refractivity contribution in [1.82, 2.24) is 4.37 Å². The summed E-state index contributed by atoms with van der Waals surface area (Å²) in [4.78, 5) is 24.8. The zero-order valence-electron chi connectivity index (χ0n) is 19.0. The molecule has 0 unspecified atom stereocenters. The minimum atomic E-state index is -0.570. The number of halogens is 1. The van der Waals surface area contributed by atoms with Gasteiger partial charge in [0.05, 0.1) is 22.2 Å². The number of benzene rings is 3. The number of aldehydes is 1. The summed E-state index contributed by atoms with van der Waals surface area (Å²) in [6.07, 6.45) is 3.49. The Morgan fingerprint density at radius 1 is 1.03 bits per heavy atom. The fourth-order valence-corrected chi connectivity index (χ4v) is 5.12. The second-order valence-corrected chi connectivity index (χ2v) is 9.90. The van der Waals surface area contributed by atoms with Crippen LogP contribution in [0, 0.1) is 0 Å². The maximum absolute atomic E-state index is 12.5. The topological polar surface area (TPSA) is 68.3 Å². The molecule has 7 heteroatoms. The van der Waals surface area contributed by atoms with Gasteiger partial charge in [-0.3, -0.25) is 5.32 Å². The number of rotatable bonds is 7. The highest BCUT2D eigenvalue weighted by molar-refractivity contribution is 7.10. The van der Waals surface area contributed by atoms with Crippen molar-refractivity contribution in [3.05, 3.63) is 95.1 Å². The van der Waals surface area contributed by atoms with Crippen molar-refractivity contribution in [1.29, 1.82) is 0 Å². The minimum absolute atomic E-state index is 0.260. The van der Waals surface area contributed by atoms with E-state index in [4.69, 9.17) is 16.3 Å². The number of aromatic nitrogens is 1. The van der Waals surface area contributed by atoms with Gasteiger partial charge in [-0.1, -0.05) is 78.3 Å². The molecule has 0 aliphatic heterocycles. The first-order valence-corrected chi connectivity index (χ1v) is 12.5. The molecular formula is C28H23ClN2O3S. The van der Waals surface area contributed by atoms with Crippen molar-refractivity contribution in [2.75, 3.05) is 5.32 Å². The molecule has 0 radical (unpaired) electrons. The monoisotopic (exact) mass is 502 g/mol. The van der Waals surface area contributed by atoms with E-state index in [-0.39, 0.29) is 5.41 Å². The van der Waals surface area contributed by atoms with Crippen LogP contribution in [0.25, 0.3) is 21.6 Å². The molecule has 3 aromatic carbocycles. The van der Waals surface area contributed by atoms with Crippen LogP contribution in [0.5, 0.6) is 0 Å². The van der Waals surface area contributed by atoms with Gasteiger partial charge < -0.3 is 9.53 Å². The van der Waals surface area contributed by atoms with Crippen LogP contribution in [0.2, 0.25) is 5.02 Å². The number of hydrogen-bond donors (Lipinski definition) is 1. The van der Waals surface area contributed by atoms with Gasteiger partial charge in [0.1, 0.15) is 12.4 Å². The van der Waals surface area contributed by atoms with Gasteiger partial charge >= 0.3 is 6.09 Å². The van der Waals surface area contributed by atoms with Crippen LogP contribution < -0.4 is 5.32 Å². The Balaban J connectivity index is 1.27. The van der Waals surface area contributed by atoms with Gasteiger partial charge in [-0.15, -0.1) is 0 Å². The minimum Gasteiger partial charge on any atom is -0.441 e. The Hall–Kier alpha value is -3.48. The zero-order chi connectivity index (χ0) is 24.4. The maximum atomic E-state index is 12.5. The van der Waals surface area contributed by atoms with Crippen LogP contribution in [0.4, 0.5) is 10.5 Å². The van der Waals surface area contributed by atoms with E-state index >= 15 is 0 Å². The Bertz CT molecular complexity index is 1360. The SMILES string of the molecule is C[C@@H](OC(=O)Nc1cnsc1-c1ccc(-c2ccc(C3(C=O)CC3)cc2)cc1)c1ccccc1Cl. The summed E-state index contributed by atoms with van der Waals surface area (Å²) in [7, 11) is 0. The number of nitrogens with zero attached hydrogens (tertiary/aromatic N) is 1. The fraction of sp³-hybridized carbons (Fsp3) is 0.179. The Morgan fingerprint density at radius 3 is 2.29 bits per heavy atom. The highest BCUT2D eigenvalue weighted by Gasteiger charge is 2.44. The molecule has 35 heavy (non-hydrogen) atoms. The first-order valence-electron chi connectivity index (χ1n) is 11.3. The molecule has 1 aromatic heterocycles. The second-order valence-electron chi connectivity index (χ2n) is 8.69. The normalized spacial score (nSPS) is 14.7. The van der Waals surface area contributed by atoms with Crippen molar-refractivity contribution in [3.8, 4) is 21.6 Å². The molecule has 1 atom stereocenters. The van der Waals surface area contributed by atoms with E-state index in [1.165, 1.54) is 11.5 Å². The molecule has 1 N–H and O–H groups in total. The molecule has 1 amide bonds. The summed E-state index contributed by atoms with van der Waals surface area (Å²) < 4.78 is 9.78. The Morgan fingerprint density at radius 2 is 1.66 bits per heavy atom. The van der Waals surface area contributed by atoms with E-state index in [0.717, 1.165) is 51.8 Å². The molecule has 5 rings (SSSR count). The largest absolute Gasteiger partial charge is 0.441 e. The predicted octanol–water partition coefficient (Wildman–Crippen LogP) is 7.67. The third kappa shape index (κ3) is 4.85. The Labute approximate surface area is 212 Å². The summed E-state index contributed by atoms with van der Waals surface area (Å²) >= 11 is 7.51. The number of carbonyl (C=O) groups excluding carboxylic acids is 2. The van der Waals surface area contributed by atoms with E-state index in [0.29, 0.717) is 10.7 Å². The quantitative estimate of drug-likeness (QED) is 0.263. The predicted molar refractivity (Wildman–Crippen MR) is 140 cm³/mol. The summed E-state index contributed by atoms with van der Waals surface area (Å²) in [6, 6.07) is 23.6. The molecule has 0 bridgehead atoms. The third-order valence-electron chi connectivity index (χ3n) is 6.39. The Kier molecular flexibility index (Phi) is 6.41. The molecular weight excluding hydrogens is 480 g/mol. The van der Waals surface area contributed by atoms with Crippen molar-refractivity contribution in [2.24, 2.45) is 0 Å². The molecule has 1 aliphatic carbocycles. The number of amides is 1. The molecule has 1 fully saturated rings. The molecule has 1 heterocycles. The molecule has 176 valence electrons. The van der Waals surface area contributed by atoms with Crippen LogP contribution in [0.3, 0.4) is 0 Å². The average Bonchev–Trinajstić information content (AvgIpc) is 3.56. The van der Waals surface area contributed by atoms with Gasteiger partial charge in [-0.2, -0.15) is 4.37 Å². The molecule has 0 saturated heterocycles. The second kappa shape index (κ2) is 9.64. The number of ether oxygens (including phenoxy) is 1. The van der Waals surface area contributed by atoms with Gasteiger partial charge in [0, 0.05) is 10.6 Å². The lowest BCUT2D eigenvalue weighted by Gasteiger charge is -2.15. The summed E-state index contributed by atoms with van der Waals surface area (Å²) in [6.45, 7) is 1.78. The van der Waals surface area contributed by atoms with Crippen LogP contribution in [0.1, 0.15) is 37.0 Å². The highest BCUT2D eigenvalue weighted by Crippen LogP contribution is 2.46. The number of carbonyl (C=O) groups is 2. The van der Waals surface area contributed by atoms with Crippen molar-refractivity contribution in [3.63, 3.8) is 0 Å². The number of nitrogens with one attached hydrogen (secondary N) is 1. The van der Waals surface area contributed by atoms with Gasteiger partial charge in [-0.25, -0.2) is 4.79 Å². The smallest absolute Gasteiger partial charge is 0.412 e. The van der Waals surface area contributed by atoms with E-state index in [9.17, 15) is 9.59 Å². The molecule has 1 aliphatic rings. The van der Waals surface area contributed by atoms with E-state index in [2.05, 4.69) is 21.8 Å². The van der Waals surface area contributed by atoms with Crippen LogP contribution in [-0.4, -0.2) is 16.8 Å². The third-order valence-corrected chi connectivity index (χ3v) is 7.58. The highest BCUT2D eigenvalue weighted by atomic mass is 35.5. The zero-order valence-corrected chi connectivity index (χ0v) is 20.6. The lowest BCUT2D eigenvalue weighted by Crippen LogP contribution is -2.16. The number of anilines is 1. The fourth-order valence-electron chi connectivity index (χ4n) is 4.12. The van der Waals surface area contributed by atoms with Gasteiger partial charge in [-0.05, 0) is 59.6 Å². The summed E-state index contributed by atoms with van der Waals surface area (Å²) in [5.74, 6) is 0. The summed E-state index contributed by atoms with van der Waals surface area (Å²) in [5, 5.41) is 3.35. The van der Waals surface area contributed by atoms with Crippen molar-refractivity contribution in [2.45, 2.75) is 31.3 Å². The van der Waals surface area contributed by atoms with E-state index < -0.39 is 12.2 Å². The first kappa shape index (κ1) is 23.3. The molecule has 1 saturated carbocycles. The van der Waals surface area contributed by atoms with Crippen molar-refractivity contribution < 1.29 is 14.3 Å². The lowest BCUT2D eigenvalue weighted by atomic mass is 9.95. The van der Waals surface area contributed by atoms with E-state index in [1.807, 2.05) is 54.6 Å². The van der Waals surface area contributed by atoms with E-state index in [1.54, 1.807) is 19.2 Å². The van der Waals surface area contributed by atoms with Gasteiger partial charge in [0.25, 0.3) is 0 Å². The maximum Gasteiger partial charge on any atom is 0.412 e. The van der Waals surface area contributed by atoms with Gasteiger partial charge in [0.2, 0.25) is 0 Å². The van der Waals surface area contributed by atoms with Crippen LogP contribution >= 0.6 is 23.1 Å². The summed E-state index contributed by atoms with van der Waals surface area (Å²) in [5.41, 5.74) is 5.26. The first-order chi connectivity index (χ1) is 17.0. The van der Waals surface area contributed by atoms with Crippen LogP contribution in [0.15, 0.2) is 79.0 Å². The molecule has 4 aromatic rings. The lowest BCUT2D eigenvalue weighted by molar-refractivity contribution is -0.109.